The van der Waals surface area contributed by atoms with Crippen LogP contribution in [0.2, 0.25) is 0 Å². The second-order valence-corrected chi connectivity index (χ2v) is 1.59. The zero-order chi connectivity index (χ0) is 4.99. The van der Waals surface area contributed by atoms with E-state index in [9.17, 15) is 0 Å². The zero-order valence-electron chi connectivity index (χ0n) is 4.18. The lowest BCUT2D eigenvalue weighted by molar-refractivity contribution is 0.395. The van der Waals surface area contributed by atoms with Gasteiger partial charge < -0.3 is 5.11 Å². The molecular weight excluding hydrogens is 76.1 g/mol. The lowest BCUT2D eigenvalue weighted by Crippen LogP contribution is -1.86. The van der Waals surface area contributed by atoms with Crippen molar-refractivity contribution in [1.29, 1.82) is 0 Å². The second kappa shape index (κ2) is 3.16. The van der Waals surface area contributed by atoms with Crippen LogP contribution >= 0.6 is 0 Å². The van der Waals surface area contributed by atoms with E-state index in [4.69, 9.17) is 5.11 Å². The molecule has 0 aromatic rings. The summed E-state index contributed by atoms with van der Waals surface area (Å²) in [7, 11) is 0. The summed E-state index contributed by atoms with van der Waals surface area (Å²) in [4.78, 5) is 0. The van der Waals surface area contributed by atoms with E-state index in [0.717, 1.165) is 6.61 Å². The van der Waals surface area contributed by atoms with Crippen molar-refractivity contribution < 1.29 is 5.11 Å². The van der Waals surface area contributed by atoms with E-state index in [-0.39, 0.29) is 0 Å². The van der Waals surface area contributed by atoms with Gasteiger partial charge in [0.2, 0.25) is 0 Å². The standard InChI is InChI=1S/C5H10O/c1-5(2)3-4-6/h3-6H,1-2H3. The van der Waals surface area contributed by atoms with Gasteiger partial charge in [-0.2, -0.15) is 0 Å². The molecule has 0 bridgehead atoms. The Hall–Kier alpha value is -0.0400. The van der Waals surface area contributed by atoms with Gasteiger partial charge in [0.15, 0.2) is 0 Å². The van der Waals surface area contributed by atoms with Gasteiger partial charge in [-0.25, -0.2) is 0 Å². The number of rotatable bonds is 2. The summed E-state index contributed by atoms with van der Waals surface area (Å²) in [5.41, 5.74) is 0. The van der Waals surface area contributed by atoms with E-state index >= 15 is 0 Å². The van der Waals surface area contributed by atoms with Crippen molar-refractivity contribution in [2.24, 2.45) is 5.92 Å². The fourth-order valence-electron chi connectivity index (χ4n) is 0.172. The molecule has 1 nitrogen and oxygen atoms in total. The quantitative estimate of drug-likeness (QED) is 0.538. The van der Waals surface area contributed by atoms with Crippen LogP contribution in [-0.4, -0.2) is 5.11 Å². The minimum atomic E-state index is 0.468. The maximum atomic E-state index is 8.06. The van der Waals surface area contributed by atoms with Gasteiger partial charge in [-0.3, -0.25) is 0 Å². The van der Waals surface area contributed by atoms with Crippen molar-refractivity contribution in [3.05, 3.63) is 13.0 Å². The Bertz CT molecular complexity index is 25.1. The summed E-state index contributed by atoms with van der Waals surface area (Å²) in [5, 5.41) is 8.06. The van der Waals surface area contributed by atoms with Crippen LogP contribution in [0.3, 0.4) is 0 Å². The highest BCUT2D eigenvalue weighted by Gasteiger charge is 1.88. The Kier molecular flexibility index (Phi) is 3.14. The van der Waals surface area contributed by atoms with E-state index in [1.54, 1.807) is 6.42 Å². The smallest absolute Gasteiger partial charge is 0.0836 e. The average Bonchev–Trinajstić information content (AvgIpc) is 1.35. The molecule has 0 fully saturated rings. The van der Waals surface area contributed by atoms with Crippen LogP contribution in [0.1, 0.15) is 13.8 Å². The molecule has 0 spiro atoms. The van der Waals surface area contributed by atoms with Crippen molar-refractivity contribution in [3.63, 3.8) is 0 Å². The van der Waals surface area contributed by atoms with Crippen molar-refractivity contribution >= 4 is 0 Å². The molecule has 6 heavy (non-hydrogen) atoms. The molecule has 0 aromatic carbocycles. The summed E-state index contributed by atoms with van der Waals surface area (Å²) in [6.07, 6.45) is 1.72. The first kappa shape index (κ1) is 5.96. The molecule has 0 aliphatic rings. The highest BCUT2D eigenvalue weighted by atomic mass is 16.2. The molecule has 2 radical (unpaired) electrons. The van der Waals surface area contributed by atoms with E-state index in [1.807, 2.05) is 13.8 Å². The van der Waals surface area contributed by atoms with E-state index < -0.39 is 0 Å². The number of hydrogen-bond donors (Lipinski definition) is 1. The lowest BCUT2D eigenvalue weighted by Gasteiger charge is -1.94. The molecule has 0 amide bonds. The third kappa shape index (κ3) is 3.96. The molecule has 0 unspecified atom stereocenters. The van der Waals surface area contributed by atoms with Gasteiger partial charge in [0.05, 0.1) is 6.61 Å². The monoisotopic (exact) mass is 86.1 g/mol. The van der Waals surface area contributed by atoms with Gasteiger partial charge in [0.1, 0.15) is 0 Å². The molecule has 0 saturated heterocycles. The van der Waals surface area contributed by atoms with Crippen LogP contribution in [-0.2, 0) is 0 Å². The molecule has 0 heterocycles. The topological polar surface area (TPSA) is 20.2 Å². The van der Waals surface area contributed by atoms with Crippen LogP contribution in [0, 0.1) is 18.9 Å². The Balaban J connectivity index is 2.63. The maximum Gasteiger partial charge on any atom is 0.0836 e. The first-order chi connectivity index (χ1) is 2.77. The van der Waals surface area contributed by atoms with Gasteiger partial charge in [-0.1, -0.05) is 13.8 Å². The van der Waals surface area contributed by atoms with Crippen molar-refractivity contribution in [3.8, 4) is 0 Å². The number of aliphatic hydroxyl groups excluding tert-OH is 1. The van der Waals surface area contributed by atoms with Crippen LogP contribution in [0.15, 0.2) is 0 Å². The third-order valence-electron chi connectivity index (χ3n) is 0.471. The van der Waals surface area contributed by atoms with Gasteiger partial charge >= 0.3 is 0 Å². The Labute approximate surface area is 39.0 Å². The molecule has 1 N–H and O–H groups in total. The Morgan fingerprint density at radius 1 is 1.50 bits per heavy atom. The molecule has 0 rings (SSSR count). The van der Waals surface area contributed by atoms with Gasteiger partial charge in [0, 0.05) is 0 Å². The number of aliphatic hydroxyl groups is 1. The predicted molar refractivity (Wildman–Crippen MR) is 25.4 cm³/mol. The van der Waals surface area contributed by atoms with Crippen LogP contribution in [0.5, 0.6) is 0 Å². The van der Waals surface area contributed by atoms with Gasteiger partial charge in [-0.05, 0) is 12.3 Å². The lowest BCUT2D eigenvalue weighted by atomic mass is 10.2. The Morgan fingerprint density at radius 2 is 2.00 bits per heavy atom. The minimum Gasteiger partial charge on any atom is -0.390 e. The number of hydrogen-bond acceptors (Lipinski definition) is 1. The van der Waals surface area contributed by atoms with E-state index in [2.05, 4.69) is 0 Å². The Morgan fingerprint density at radius 3 is 2.00 bits per heavy atom. The van der Waals surface area contributed by atoms with Gasteiger partial charge in [-0.15, -0.1) is 0 Å². The average molecular weight is 86.1 g/mol. The highest BCUT2D eigenvalue weighted by molar-refractivity contribution is 4.75. The maximum absolute atomic E-state index is 8.06. The van der Waals surface area contributed by atoms with Crippen LogP contribution in [0.4, 0.5) is 0 Å². The molecule has 0 aliphatic heterocycles. The normalized spacial score (nSPS) is 10.0. The first-order valence-electron chi connectivity index (χ1n) is 2.08. The van der Waals surface area contributed by atoms with E-state index in [1.165, 1.54) is 0 Å². The van der Waals surface area contributed by atoms with Crippen LogP contribution < -0.4 is 0 Å². The fourth-order valence-corrected chi connectivity index (χ4v) is 0.172. The SMILES string of the molecule is CC(C)[CH][CH]O. The summed E-state index contributed by atoms with van der Waals surface area (Å²) in [6, 6.07) is 0. The third-order valence-corrected chi connectivity index (χ3v) is 0.471. The van der Waals surface area contributed by atoms with Crippen molar-refractivity contribution in [2.75, 3.05) is 0 Å². The molecule has 0 aliphatic carbocycles. The summed E-state index contributed by atoms with van der Waals surface area (Å²) in [5.74, 6) is 0.468. The van der Waals surface area contributed by atoms with E-state index in [0.29, 0.717) is 5.92 Å². The molecule has 1 heteroatoms. The highest BCUT2D eigenvalue weighted by Crippen LogP contribution is 1.96. The summed E-state index contributed by atoms with van der Waals surface area (Å²) < 4.78 is 0. The summed E-state index contributed by atoms with van der Waals surface area (Å²) >= 11 is 0. The second-order valence-electron chi connectivity index (χ2n) is 1.59. The molecule has 36 valence electrons. The van der Waals surface area contributed by atoms with Crippen molar-refractivity contribution in [2.45, 2.75) is 13.8 Å². The van der Waals surface area contributed by atoms with Crippen molar-refractivity contribution in [1.82, 2.24) is 0 Å². The minimum absolute atomic E-state index is 0.468. The fraction of sp³-hybridized carbons (Fsp3) is 0.600. The largest absolute Gasteiger partial charge is 0.390 e. The van der Waals surface area contributed by atoms with Gasteiger partial charge in [0.25, 0.3) is 0 Å². The zero-order valence-corrected chi connectivity index (χ0v) is 4.18. The van der Waals surface area contributed by atoms with Crippen LogP contribution in [0.25, 0.3) is 0 Å². The molecular formula is C5H10O. The molecule has 0 aromatic heterocycles. The molecule has 0 saturated carbocycles. The predicted octanol–water partition coefficient (Wildman–Crippen LogP) is 1.38. The molecule has 0 atom stereocenters. The summed E-state index contributed by atoms with van der Waals surface area (Å²) in [6.45, 7) is 5.09. The first-order valence-corrected chi connectivity index (χ1v) is 2.08.